The van der Waals surface area contributed by atoms with Crippen LogP contribution in [0.15, 0.2) is 34.5 Å². The first-order valence-corrected chi connectivity index (χ1v) is 4.09. The summed E-state index contributed by atoms with van der Waals surface area (Å²) in [6.45, 7) is 0. The molecular weight excluding hydrogens is 202 g/mol. The Morgan fingerprint density at radius 2 is 2.07 bits per heavy atom. The van der Waals surface area contributed by atoms with Crippen molar-refractivity contribution in [1.29, 1.82) is 0 Å². The van der Waals surface area contributed by atoms with Crippen LogP contribution in [0.3, 0.4) is 0 Å². The average molecular weight is 212 g/mol. The Bertz CT molecular complexity index is 383. The fraction of sp³-hybridized carbons (Fsp3) is 0.111. The van der Waals surface area contributed by atoms with Gasteiger partial charge in [-0.3, -0.25) is 0 Å². The first-order valence-electron chi connectivity index (χ1n) is 4.09. The van der Waals surface area contributed by atoms with Crippen LogP contribution in [-0.4, -0.2) is 12.2 Å². The van der Waals surface area contributed by atoms with Gasteiger partial charge in [-0.25, -0.2) is 8.78 Å². The fourth-order valence-electron chi connectivity index (χ4n) is 0.937. The molecule has 15 heavy (non-hydrogen) atoms. The number of nitrogens with two attached hydrogens (primary N) is 2. The number of rotatable bonds is 3. The monoisotopic (exact) mass is 212 g/mol. The second-order valence-corrected chi connectivity index (χ2v) is 2.74. The first kappa shape index (κ1) is 11.1. The molecular formula is C9H10F2N4. The third kappa shape index (κ3) is 3.72. The summed E-state index contributed by atoms with van der Waals surface area (Å²) < 4.78 is 24.6. The maximum atomic E-state index is 12.3. The molecule has 0 saturated carbocycles. The van der Waals surface area contributed by atoms with Crippen LogP contribution in [0.25, 0.3) is 0 Å². The summed E-state index contributed by atoms with van der Waals surface area (Å²) in [6.07, 6.45) is -1.20. The van der Waals surface area contributed by atoms with Crippen molar-refractivity contribution in [3.05, 3.63) is 35.4 Å². The van der Waals surface area contributed by atoms with Gasteiger partial charge in [-0.15, -0.1) is 5.10 Å². The third-order valence-electron chi connectivity index (χ3n) is 1.54. The average Bonchev–Trinajstić information content (AvgIpc) is 2.17. The maximum Gasteiger partial charge on any atom is 0.263 e. The number of benzene rings is 1. The van der Waals surface area contributed by atoms with Gasteiger partial charge >= 0.3 is 0 Å². The van der Waals surface area contributed by atoms with Crippen LogP contribution in [0.2, 0.25) is 0 Å². The summed E-state index contributed by atoms with van der Waals surface area (Å²) in [5, 5.41) is 6.86. The fourth-order valence-corrected chi connectivity index (χ4v) is 0.937. The highest BCUT2D eigenvalue weighted by Gasteiger charge is 2.05. The molecule has 0 spiro atoms. The van der Waals surface area contributed by atoms with Crippen molar-refractivity contribution in [2.45, 2.75) is 6.43 Å². The van der Waals surface area contributed by atoms with Crippen LogP contribution < -0.4 is 11.5 Å². The molecule has 0 heterocycles. The Labute approximate surface area is 85.3 Å². The minimum Gasteiger partial charge on any atom is -0.369 e. The molecule has 6 heteroatoms. The van der Waals surface area contributed by atoms with Gasteiger partial charge in [0, 0.05) is 5.56 Å². The highest BCUT2D eigenvalue weighted by molar-refractivity contribution is 5.81. The van der Waals surface area contributed by atoms with Crippen LogP contribution in [0, 0.1) is 0 Å². The van der Waals surface area contributed by atoms with Gasteiger partial charge < -0.3 is 11.5 Å². The Kier molecular flexibility index (Phi) is 3.73. The zero-order chi connectivity index (χ0) is 11.3. The third-order valence-corrected chi connectivity index (χ3v) is 1.54. The number of guanidine groups is 1. The summed E-state index contributed by atoms with van der Waals surface area (Å²) in [6, 6.07) is 5.79. The molecule has 0 aliphatic heterocycles. The molecule has 4 N–H and O–H groups in total. The van der Waals surface area contributed by atoms with Gasteiger partial charge in [0.25, 0.3) is 6.43 Å². The number of nitrogens with zero attached hydrogens (tertiary/aromatic N) is 2. The lowest BCUT2D eigenvalue weighted by atomic mass is 10.1. The molecule has 1 aromatic carbocycles. The van der Waals surface area contributed by atoms with Crippen molar-refractivity contribution in [2.24, 2.45) is 21.7 Å². The van der Waals surface area contributed by atoms with Crippen LogP contribution in [0.1, 0.15) is 17.6 Å². The van der Waals surface area contributed by atoms with Gasteiger partial charge in [-0.05, 0) is 11.6 Å². The lowest BCUT2D eigenvalue weighted by Crippen LogP contribution is -2.21. The van der Waals surface area contributed by atoms with Crippen molar-refractivity contribution in [3.63, 3.8) is 0 Å². The van der Waals surface area contributed by atoms with E-state index >= 15 is 0 Å². The van der Waals surface area contributed by atoms with Gasteiger partial charge in [0.2, 0.25) is 5.96 Å². The van der Waals surface area contributed by atoms with Gasteiger partial charge in [-0.2, -0.15) is 5.10 Å². The number of hydrogen-bond acceptors (Lipinski definition) is 2. The van der Waals surface area contributed by atoms with Crippen LogP contribution in [-0.2, 0) is 0 Å². The van der Waals surface area contributed by atoms with Crippen LogP contribution >= 0.6 is 0 Å². The highest BCUT2D eigenvalue weighted by Crippen LogP contribution is 2.18. The Morgan fingerprint density at radius 3 is 2.67 bits per heavy atom. The molecule has 0 saturated heterocycles. The Balaban J connectivity index is 2.82. The molecule has 0 aromatic heterocycles. The SMILES string of the molecule is NC(N)=N/N=C/c1cccc(C(F)F)c1. The number of hydrogen-bond donors (Lipinski definition) is 2. The van der Waals surface area contributed by atoms with Crippen molar-refractivity contribution in [2.75, 3.05) is 0 Å². The minimum atomic E-state index is -2.50. The minimum absolute atomic E-state index is 0.0661. The molecule has 0 aliphatic rings. The number of alkyl halides is 2. The predicted molar refractivity (Wildman–Crippen MR) is 54.8 cm³/mol. The Morgan fingerprint density at radius 1 is 1.33 bits per heavy atom. The quantitative estimate of drug-likeness (QED) is 0.449. The largest absolute Gasteiger partial charge is 0.369 e. The zero-order valence-corrected chi connectivity index (χ0v) is 7.77. The number of halogens is 2. The topological polar surface area (TPSA) is 76.8 Å². The standard InChI is InChI=1S/C9H10F2N4/c10-8(11)7-3-1-2-6(4-7)5-14-15-9(12)13/h1-5,8H,(H4,12,13,15)/b14-5+. The molecule has 0 radical (unpaired) electrons. The van der Waals surface area contributed by atoms with Crippen molar-refractivity contribution in [3.8, 4) is 0 Å². The first-order chi connectivity index (χ1) is 7.09. The summed E-state index contributed by atoms with van der Waals surface area (Å²) >= 11 is 0. The van der Waals surface area contributed by atoms with E-state index in [0.29, 0.717) is 5.56 Å². The van der Waals surface area contributed by atoms with Gasteiger partial charge in [0.15, 0.2) is 0 Å². The molecule has 80 valence electrons. The lowest BCUT2D eigenvalue weighted by molar-refractivity contribution is 0.151. The molecule has 0 fully saturated rings. The molecule has 0 atom stereocenters. The zero-order valence-electron chi connectivity index (χ0n) is 7.77. The molecule has 0 amide bonds. The van der Waals surface area contributed by atoms with E-state index in [1.165, 1.54) is 24.4 Å². The van der Waals surface area contributed by atoms with E-state index in [2.05, 4.69) is 10.2 Å². The molecule has 1 rings (SSSR count). The van der Waals surface area contributed by atoms with Gasteiger partial charge in [0.1, 0.15) is 0 Å². The van der Waals surface area contributed by atoms with Gasteiger partial charge in [0.05, 0.1) is 6.21 Å². The second kappa shape index (κ2) is 5.04. The lowest BCUT2D eigenvalue weighted by Gasteiger charge is -1.99. The van der Waals surface area contributed by atoms with Gasteiger partial charge in [-0.1, -0.05) is 18.2 Å². The summed E-state index contributed by atoms with van der Waals surface area (Å²) in [7, 11) is 0. The van der Waals surface area contributed by atoms with E-state index in [1.54, 1.807) is 6.07 Å². The normalized spacial score (nSPS) is 10.9. The van der Waals surface area contributed by atoms with E-state index in [4.69, 9.17) is 11.5 Å². The maximum absolute atomic E-state index is 12.3. The van der Waals surface area contributed by atoms with E-state index in [0.717, 1.165) is 0 Å². The molecule has 0 unspecified atom stereocenters. The van der Waals surface area contributed by atoms with Crippen molar-refractivity contribution in [1.82, 2.24) is 0 Å². The molecule has 0 bridgehead atoms. The van der Waals surface area contributed by atoms with E-state index < -0.39 is 6.43 Å². The Hall–Kier alpha value is -1.98. The highest BCUT2D eigenvalue weighted by atomic mass is 19.3. The molecule has 0 aliphatic carbocycles. The van der Waals surface area contributed by atoms with Crippen molar-refractivity contribution >= 4 is 12.2 Å². The summed E-state index contributed by atoms with van der Waals surface area (Å²) in [4.78, 5) is 0. The van der Waals surface area contributed by atoms with Crippen LogP contribution in [0.5, 0.6) is 0 Å². The summed E-state index contributed by atoms with van der Waals surface area (Å²) in [5.74, 6) is -0.184. The van der Waals surface area contributed by atoms with E-state index in [-0.39, 0.29) is 11.5 Å². The summed E-state index contributed by atoms with van der Waals surface area (Å²) in [5.41, 5.74) is 10.5. The predicted octanol–water partition coefficient (Wildman–Crippen LogP) is 1.23. The van der Waals surface area contributed by atoms with Crippen LogP contribution in [0.4, 0.5) is 8.78 Å². The molecule has 1 aromatic rings. The second-order valence-electron chi connectivity index (χ2n) is 2.74. The van der Waals surface area contributed by atoms with E-state index in [1.807, 2.05) is 0 Å². The smallest absolute Gasteiger partial charge is 0.263 e. The van der Waals surface area contributed by atoms with Crippen molar-refractivity contribution < 1.29 is 8.78 Å². The molecule has 4 nitrogen and oxygen atoms in total. The van der Waals surface area contributed by atoms with E-state index in [9.17, 15) is 8.78 Å².